The summed E-state index contributed by atoms with van der Waals surface area (Å²) in [5, 5.41) is 0. The number of aryl methyl sites for hydroxylation is 1. The lowest BCUT2D eigenvalue weighted by Crippen LogP contribution is -2.31. The van der Waals surface area contributed by atoms with Crippen molar-refractivity contribution in [2.45, 2.75) is 20.3 Å². The second kappa shape index (κ2) is 6.17. The minimum Gasteiger partial charge on any atom is -0.324 e. The van der Waals surface area contributed by atoms with Gasteiger partial charge >= 0.3 is 0 Å². The number of sulfonamides is 1. The Hall–Kier alpha value is -1.11. The molecule has 0 aliphatic carbocycles. The van der Waals surface area contributed by atoms with E-state index in [0.29, 0.717) is 19.5 Å². The standard InChI is InChI=1S/C12H21N3O2S/c1-4-15(18(3,16)17)8-7-11-5-6-12(14-13)10(2)9-11/h5-6,9,14H,4,7-8,13H2,1-3H3. The van der Waals surface area contributed by atoms with Crippen LogP contribution in [0.25, 0.3) is 0 Å². The number of nitrogens with two attached hydrogens (primary N) is 1. The third-order valence-electron chi connectivity index (χ3n) is 2.92. The van der Waals surface area contributed by atoms with Gasteiger partial charge in [-0.3, -0.25) is 5.84 Å². The van der Waals surface area contributed by atoms with Gasteiger partial charge in [0, 0.05) is 13.1 Å². The lowest BCUT2D eigenvalue weighted by molar-refractivity contribution is 0.435. The Balaban J connectivity index is 2.72. The number of nitrogen functional groups attached to an aromatic ring is 1. The first-order chi connectivity index (χ1) is 8.38. The molecule has 0 saturated carbocycles. The second-order valence-electron chi connectivity index (χ2n) is 4.30. The van der Waals surface area contributed by atoms with Gasteiger partial charge in [0.2, 0.25) is 10.0 Å². The van der Waals surface area contributed by atoms with Crippen molar-refractivity contribution < 1.29 is 8.42 Å². The topological polar surface area (TPSA) is 75.4 Å². The van der Waals surface area contributed by atoms with Crippen LogP contribution in [0.15, 0.2) is 18.2 Å². The Morgan fingerprint density at radius 1 is 1.39 bits per heavy atom. The third-order valence-corrected chi connectivity index (χ3v) is 4.30. The Bertz CT molecular complexity index is 500. The van der Waals surface area contributed by atoms with Crippen LogP contribution in [0.4, 0.5) is 5.69 Å². The number of nitrogens with one attached hydrogen (secondary N) is 1. The van der Waals surface area contributed by atoms with E-state index in [1.807, 2.05) is 32.0 Å². The molecule has 0 unspecified atom stereocenters. The molecule has 1 aromatic carbocycles. The maximum atomic E-state index is 11.5. The van der Waals surface area contributed by atoms with E-state index >= 15 is 0 Å². The zero-order valence-corrected chi connectivity index (χ0v) is 11.9. The average molecular weight is 271 g/mol. The van der Waals surface area contributed by atoms with E-state index in [2.05, 4.69) is 5.43 Å². The van der Waals surface area contributed by atoms with E-state index in [4.69, 9.17) is 5.84 Å². The first kappa shape index (κ1) is 14.9. The number of likely N-dealkylation sites (N-methyl/N-ethyl adjacent to an activating group) is 1. The van der Waals surface area contributed by atoms with Crippen LogP contribution in [0, 0.1) is 6.92 Å². The predicted octanol–water partition coefficient (Wildman–Crippen LogP) is 1.10. The number of hydrogen-bond acceptors (Lipinski definition) is 4. The van der Waals surface area contributed by atoms with Gasteiger partial charge in [-0.25, -0.2) is 12.7 Å². The van der Waals surface area contributed by atoms with Crippen molar-refractivity contribution in [3.05, 3.63) is 29.3 Å². The van der Waals surface area contributed by atoms with Crippen LogP contribution in [0.1, 0.15) is 18.1 Å². The molecule has 1 aromatic rings. The predicted molar refractivity (Wildman–Crippen MR) is 74.8 cm³/mol. The summed E-state index contributed by atoms with van der Waals surface area (Å²) in [6.45, 7) is 4.81. The zero-order chi connectivity index (χ0) is 13.8. The quantitative estimate of drug-likeness (QED) is 0.600. The van der Waals surface area contributed by atoms with Gasteiger partial charge in [-0.05, 0) is 30.5 Å². The maximum Gasteiger partial charge on any atom is 0.211 e. The molecular weight excluding hydrogens is 250 g/mol. The number of hydrazine groups is 1. The summed E-state index contributed by atoms with van der Waals surface area (Å²) in [4.78, 5) is 0. The molecule has 5 nitrogen and oxygen atoms in total. The lowest BCUT2D eigenvalue weighted by Gasteiger charge is -2.18. The number of rotatable bonds is 6. The number of nitrogens with zero attached hydrogens (tertiary/aromatic N) is 1. The van der Waals surface area contributed by atoms with Crippen molar-refractivity contribution in [1.29, 1.82) is 0 Å². The number of hydrogen-bond donors (Lipinski definition) is 2. The Kier molecular flexibility index (Phi) is 5.13. The van der Waals surface area contributed by atoms with E-state index in [-0.39, 0.29) is 0 Å². The van der Waals surface area contributed by atoms with Crippen LogP contribution < -0.4 is 11.3 Å². The van der Waals surface area contributed by atoms with E-state index in [1.165, 1.54) is 10.6 Å². The molecule has 3 N–H and O–H groups in total. The molecular formula is C12H21N3O2S. The third kappa shape index (κ3) is 3.97. The number of benzene rings is 1. The molecule has 0 radical (unpaired) electrons. The molecule has 0 spiro atoms. The van der Waals surface area contributed by atoms with Gasteiger partial charge in [0.05, 0.1) is 11.9 Å². The SMILES string of the molecule is CCN(CCc1ccc(NN)c(C)c1)S(C)(=O)=O. The Labute approximate surface area is 109 Å². The molecule has 0 aromatic heterocycles. The van der Waals surface area contributed by atoms with Crippen molar-refractivity contribution in [2.75, 3.05) is 24.8 Å². The fourth-order valence-corrected chi connectivity index (χ4v) is 2.75. The summed E-state index contributed by atoms with van der Waals surface area (Å²) in [6, 6.07) is 5.88. The van der Waals surface area contributed by atoms with Gasteiger partial charge < -0.3 is 5.43 Å². The molecule has 0 atom stereocenters. The van der Waals surface area contributed by atoms with Crippen LogP contribution in [-0.2, 0) is 16.4 Å². The molecule has 0 saturated heterocycles. The van der Waals surface area contributed by atoms with Crippen LogP contribution in [0.5, 0.6) is 0 Å². The molecule has 6 heteroatoms. The summed E-state index contributed by atoms with van der Waals surface area (Å²) < 4.78 is 24.4. The first-order valence-corrected chi connectivity index (χ1v) is 7.74. The average Bonchev–Trinajstić information content (AvgIpc) is 2.28. The number of anilines is 1. The minimum atomic E-state index is -3.11. The molecule has 0 aliphatic heterocycles. The zero-order valence-electron chi connectivity index (χ0n) is 11.1. The van der Waals surface area contributed by atoms with E-state index in [0.717, 1.165) is 16.8 Å². The molecule has 102 valence electrons. The van der Waals surface area contributed by atoms with Crippen molar-refractivity contribution in [3.63, 3.8) is 0 Å². The first-order valence-electron chi connectivity index (χ1n) is 5.89. The van der Waals surface area contributed by atoms with Crippen LogP contribution in [0.3, 0.4) is 0 Å². The van der Waals surface area contributed by atoms with Crippen molar-refractivity contribution in [1.82, 2.24) is 4.31 Å². The normalized spacial score (nSPS) is 11.8. The molecule has 18 heavy (non-hydrogen) atoms. The molecule has 0 fully saturated rings. The molecule has 1 rings (SSSR count). The van der Waals surface area contributed by atoms with Crippen molar-refractivity contribution in [2.24, 2.45) is 5.84 Å². The highest BCUT2D eigenvalue weighted by atomic mass is 32.2. The highest BCUT2D eigenvalue weighted by Crippen LogP contribution is 2.16. The Morgan fingerprint density at radius 3 is 2.50 bits per heavy atom. The highest BCUT2D eigenvalue weighted by molar-refractivity contribution is 7.88. The van der Waals surface area contributed by atoms with Gasteiger partial charge in [-0.15, -0.1) is 0 Å². The molecule has 0 bridgehead atoms. The monoisotopic (exact) mass is 271 g/mol. The largest absolute Gasteiger partial charge is 0.324 e. The van der Waals surface area contributed by atoms with Gasteiger partial charge in [0.15, 0.2) is 0 Å². The molecule has 0 amide bonds. The van der Waals surface area contributed by atoms with Crippen LogP contribution in [-0.4, -0.2) is 32.1 Å². The lowest BCUT2D eigenvalue weighted by atomic mass is 10.1. The summed E-state index contributed by atoms with van der Waals surface area (Å²) in [5.74, 6) is 5.36. The summed E-state index contributed by atoms with van der Waals surface area (Å²) in [6.07, 6.45) is 1.94. The molecule has 0 heterocycles. The van der Waals surface area contributed by atoms with E-state index in [1.54, 1.807) is 0 Å². The summed E-state index contributed by atoms with van der Waals surface area (Å²) in [7, 11) is -3.11. The maximum absolute atomic E-state index is 11.5. The fourth-order valence-electron chi connectivity index (χ4n) is 1.86. The second-order valence-corrected chi connectivity index (χ2v) is 6.28. The van der Waals surface area contributed by atoms with Gasteiger partial charge in [0.1, 0.15) is 0 Å². The van der Waals surface area contributed by atoms with Gasteiger partial charge in [0.25, 0.3) is 0 Å². The highest BCUT2D eigenvalue weighted by Gasteiger charge is 2.13. The fraction of sp³-hybridized carbons (Fsp3) is 0.500. The summed E-state index contributed by atoms with van der Waals surface area (Å²) in [5.41, 5.74) is 5.66. The smallest absolute Gasteiger partial charge is 0.211 e. The van der Waals surface area contributed by atoms with Gasteiger partial charge in [-0.1, -0.05) is 19.1 Å². The summed E-state index contributed by atoms with van der Waals surface area (Å²) >= 11 is 0. The van der Waals surface area contributed by atoms with E-state index in [9.17, 15) is 8.42 Å². The van der Waals surface area contributed by atoms with Crippen LogP contribution >= 0.6 is 0 Å². The Morgan fingerprint density at radius 2 is 2.06 bits per heavy atom. The van der Waals surface area contributed by atoms with Gasteiger partial charge in [-0.2, -0.15) is 0 Å². The van der Waals surface area contributed by atoms with E-state index < -0.39 is 10.0 Å². The van der Waals surface area contributed by atoms with Crippen molar-refractivity contribution >= 4 is 15.7 Å². The van der Waals surface area contributed by atoms with Crippen molar-refractivity contribution in [3.8, 4) is 0 Å². The minimum absolute atomic E-state index is 0.500. The molecule has 0 aliphatic rings. The van der Waals surface area contributed by atoms with Crippen LogP contribution in [0.2, 0.25) is 0 Å².